The monoisotopic (exact) mass is 486 g/mol. The van der Waals surface area contributed by atoms with Gasteiger partial charge in [0, 0.05) is 50.6 Å². The van der Waals surface area contributed by atoms with E-state index in [2.05, 4.69) is 14.9 Å². The molecule has 1 amide bonds. The van der Waals surface area contributed by atoms with Crippen LogP contribution in [0.1, 0.15) is 43.0 Å². The molecule has 0 bridgehead atoms. The molecule has 184 valence electrons. The third kappa shape index (κ3) is 5.82. The van der Waals surface area contributed by atoms with Crippen molar-refractivity contribution in [1.82, 2.24) is 10.2 Å². The predicted molar refractivity (Wildman–Crippen MR) is 134 cm³/mol. The maximum Gasteiger partial charge on any atom is 0.261 e. The predicted octanol–water partition coefficient (Wildman–Crippen LogP) is 3.31. The number of hydrogen-bond donors (Lipinski definition) is 2. The van der Waals surface area contributed by atoms with Crippen molar-refractivity contribution in [3.8, 4) is 5.75 Å². The van der Waals surface area contributed by atoms with Crippen LogP contribution in [0.5, 0.6) is 5.75 Å². The minimum absolute atomic E-state index is 0.0300. The molecule has 2 fully saturated rings. The van der Waals surface area contributed by atoms with Crippen LogP contribution in [0, 0.1) is 0 Å². The van der Waals surface area contributed by atoms with E-state index in [-0.39, 0.29) is 10.8 Å². The third-order valence-corrected chi connectivity index (χ3v) is 7.67. The Bertz CT molecular complexity index is 1070. The Morgan fingerprint density at radius 2 is 1.65 bits per heavy atom. The highest BCUT2D eigenvalue weighted by Crippen LogP contribution is 2.29. The second-order valence-corrected chi connectivity index (χ2v) is 10.4. The molecule has 2 heterocycles. The number of anilines is 2. The number of carbonyl (C=O) groups excluding carboxylic acids is 1. The van der Waals surface area contributed by atoms with Gasteiger partial charge in [0.2, 0.25) is 0 Å². The first kappa shape index (κ1) is 24.3. The number of rotatable bonds is 7. The number of sulfonamides is 1. The van der Waals surface area contributed by atoms with Gasteiger partial charge in [-0.15, -0.1) is 0 Å². The molecule has 8 nitrogen and oxygen atoms in total. The Kier molecular flexibility index (Phi) is 7.95. The number of likely N-dealkylation sites (tertiary alicyclic amines) is 1. The van der Waals surface area contributed by atoms with Gasteiger partial charge in [-0.2, -0.15) is 0 Å². The van der Waals surface area contributed by atoms with Gasteiger partial charge in [0.05, 0.1) is 17.1 Å². The second kappa shape index (κ2) is 11.1. The maximum atomic E-state index is 13.6. The summed E-state index contributed by atoms with van der Waals surface area (Å²) in [6.07, 6.45) is 4.27. The lowest BCUT2D eigenvalue weighted by atomic mass is 10.1. The Morgan fingerprint density at radius 1 is 0.971 bits per heavy atom. The van der Waals surface area contributed by atoms with Crippen LogP contribution in [0.15, 0.2) is 47.4 Å². The standard InChI is InChI=1S/C25H34N4O4S/c1-2-33-21-8-10-22(11-9-21)34(31,32)27-20-7-12-24(28-17-13-26-14-18-28)23(19-20)25(30)29-15-5-3-4-6-16-29/h7-12,19,26-27H,2-6,13-18H2,1H3. The van der Waals surface area contributed by atoms with Gasteiger partial charge in [0.15, 0.2) is 0 Å². The minimum atomic E-state index is -3.81. The van der Waals surface area contributed by atoms with Crippen molar-refractivity contribution in [3.05, 3.63) is 48.0 Å². The molecule has 9 heteroatoms. The van der Waals surface area contributed by atoms with Crippen molar-refractivity contribution >= 4 is 27.3 Å². The molecule has 2 aliphatic heterocycles. The first-order valence-electron chi connectivity index (χ1n) is 12.1. The van der Waals surface area contributed by atoms with E-state index in [9.17, 15) is 13.2 Å². The molecular formula is C25H34N4O4S. The van der Waals surface area contributed by atoms with Crippen LogP contribution in [0.4, 0.5) is 11.4 Å². The summed E-state index contributed by atoms with van der Waals surface area (Å²) in [5.74, 6) is 0.588. The normalized spacial score (nSPS) is 17.2. The van der Waals surface area contributed by atoms with Gasteiger partial charge in [0.1, 0.15) is 5.75 Å². The van der Waals surface area contributed by atoms with Crippen LogP contribution in [0.25, 0.3) is 0 Å². The summed E-state index contributed by atoms with van der Waals surface area (Å²) < 4.78 is 34.1. The van der Waals surface area contributed by atoms with Crippen molar-refractivity contribution in [3.63, 3.8) is 0 Å². The lowest BCUT2D eigenvalue weighted by Gasteiger charge is -2.32. The summed E-state index contributed by atoms with van der Waals surface area (Å²) in [6, 6.07) is 11.6. The summed E-state index contributed by atoms with van der Waals surface area (Å²) in [5, 5.41) is 3.34. The fraction of sp³-hybridized carbons (Fsp3) is 0.480. The molecule has 0 spiro atoms. The van der Waals surface area contributed by atoms with Crippen LogP contribution in [0.2, 0.25) is 0 Å². The fourth-order valence-corrected chi connectivity index (χ4v) is 5.54. The van der Waals surface area contributed by atoms with Crippen LogP contribution in [0.3, 0.4) is 0 Å². The van der Waals surface area contributed by atoms with Crippen LogP contribution < -0.4 is 19.7 Å². The first-order chi connectivity index (χ1) is 16.5. The van der Waals surface area contributed by atoms with Gasteiger partial charge in [0.25, 0.3) is 15.9 Å². The SMILES string of the molecule is CCOc1ccc(S(=O)(=O)Nc2ccc(N3CCNCC3)c(C(=O)N3CCCCCC3)c2)cc1. The lowest BCUT2D eigenvalue weighted by Crippen LogP contribution is -2.44. The average molecular weight is 487 g/mol. The number of amides is 1. The van der Waals surface area contributed by atoms with Crippen LogP contribution >= 0.6 is 0 Å². The molecule has 4 rings (SSSR count). The van der Waals surface area contributed by atoms with Crippen molar-refractivity contribution in [2.75, 3.05) is 55.5 Å². The van der Waals surface area contributed by atoms with E-state index in [0.717, 1.165) is 70.6 Å². The summed E-state index contributed by atoms with van der Waals surface area (Å²) in [7, 11) is -3.81. The number of piperazine rings is 1. The van der Waals surface area contributed by atoms with Gasteiger partial charge in [-0.25, -0.2) is 8.42 Å². The molecule has 2 aliphatic rings. The molecule has 0 saturated carbocycles. The molecule has 0 atom stereocenters. The Morgan fingerprint density at radius 3 is 2.29 bits per heavy atom. The molecule has 34 heavy (non-hydrogen) atoms. The number of nitrogens with one attached hydrogen (secondary N) is 2. The molecule has 2 N–H and O–H groups in total. The summed E-state index contributed by atoms with van der Waals surface area (Å²) in [4.78, 5) is 17.9. The number of hydrogen-bond acceptors (Lipinski definition) is 6. The third-order valence-electron chi connectivity index (χ3n) is 6.28. The Labute approximate surface area is 202 Å². The van der Waals surface area contributed by atoms with E-state index in [0.29, 0.717) is 23.6 Å². The Hall–Kier alpha value is -2.78. The highest BCUT2D eigenvalue weighted by atomic mass is 32.2. The van der Waals surface area contributed by atoms with E-state index in [1.54, 1.807) is 24.3 Å². The Balaban J connectivity index is 1.62. The van der Waals surface area contributed by atoms with Crippen molar-refractivity contribution in [2.45, 2.75) is 37.5 Å². The summed E-state index contributed by atoms with van der Waals surface area (Å²) >= 11 is 0. The number of ether oxygens (including phenoxy) is 1. The molecule has 0 unspecified atom stereocenters. The number of nitrogens with zero attached hydrogens (tertiary/aromatic N) is 2. The maximum absolute atomic E-state index is 13.6. The van der Waals surface area contributed by atoms with E-state index in [4.69, 9.17) is 4.74 Å². The van der Waals surface area contributed by atoms with Gasteiger partial charge in [-0.05, 0) is 62.2 Å². The van der Waals surface area contributed by atoms with Gasteiger partial charge in [-0.1, -0.05) is 12.8 Å². The lowest BCUT2D eigenvalue weighted by molar-refractivity contribution is 0.0762. The van der Waals surface area contributed by atoms with Crippen LogP contribution in [-0.2, 0) is 10.0 Å². The zero-order valence-electron chi connectivity index (χ0n) is 19.8. The molecular weight excluding hydrogens is 452 g/mol. The fourth-order valence-electron chi connectivity index (χ4n) is 4.49. The average Bonchev–Trinajstić information content (AvgIpc) is 3.14. The second-order valence-electron chi connectivity index (χ2n) is 8.69. The first-order valence-corrected chi connectivity index (χ1v) is 13.6. The topological polar surface area (TPSA) is 91.0 Å². The van der Waals surface area contributed by atoms with Crippen molar-refractivity contribution < 1.29 is 17.9 Å². The largest absolute Gasteiger partial charge is 0.494 e. The van der Waals surface area contributed by atoms with Crippen molar-refractivity contribution in [1.29, 1.82) is 0 Å². The molecule has 2 aromatic carbocycles. The van der Waals surface area contributed by atoms with Crippen LogP contribution in [-0.4, -0.2) is 65.1 Å². The van der Waals surface area contributed by atoms with E-state index < -0.39 is 10.0 Å². The van der Waals surface area contributed by atoms with Gasteiger partial charge < -0.3 is 19.9 Å². The number of carbonyl (C=O) groups is 1. The zero-order chi connectivity index (χ0) is 24.0. The highest BCUT2D eigenvalue weighted by molar-refractivity contribution is 7.92. The zero-order valence-corrected chi connectivity index (χ0v) is 20.6. The molecule has 0 radical (unpaired) electrons. The van der Waals surface area contributed by atoms with E-state index in [1.807, 2.05) is 17.9 Å². The minimum Gasteiger partial charge on any atom is -0.494 e. The molecule has 0 aliphatic carbocycles. The smallest absolute Gasteiger partial charge is 0.261 e. The quantitative estimate of drug-likeness (QED) is 0.624. The van der Waals surface area contributed by atoms with E-state index in [1.165, 1.54) is 12.1 Å². The molecule has 0 aromatic heterocycles. The van der Waals surface area contributed by atoms with E-state index >= 15 is 0 Å². The van der Waals surface area contributed by atoms with Crippen molar-refractivity contribution in [2.24, 2.45) is 0 Å². The van der Waals surface area contributed by atoms with Gasteiger partial charge in [-0.3, -0.25) is 9.52 Å². The van der Waals surface area contributed by atoms with Gasteiger partial charge >= 0.3 is 0 Å². The summed E-state index contributed by atoms with van der Waals surface area (Å²) in [6.45, 7) is 7.17. The summed E-state index contributed by atoms with van der Waals surface area (Å²) in [5.41, 5.74) is 1.79. The highest BCUT2D eigenvalue weighted by Gasteiger charge is 2.25. The molecule has 2 aromatic rings. The molecule has 2 saturated heterocycles. The number of benzene rings is 2.